The molecule has 0 amide bonds. The van der Waals surface area contributed by atoms with Gasteiger partial charge in [-0.05, 0) is 43.6 Å². The summed E-state index contributed by atoms with van der Waals surface area (Å²) in [5.41, 5.74) is 0.543. The second-order valence-corrected chi connectivity index (χ2v) is 4.35. The van der Waals surface area contributed by atoms with Gasteiger partial charge < -0.3 is 9.84 Å². The summed E-state index contributed by atoms with van der Waals surface area (Å²) in [5.74, 6) is 0.126. The van der Waals surface area contributed by atoms with E-state index in [1.807, 2.05) is 0 Å². The van der Waals surface area contributed by atoms with Gasteiger partial charge >= 0.3 is 0 Å². The number of aliphatic hydroxyl groups is 1. The fourth-order valence-electron chi connectivity index (χ4n) is 2.09. The van der Waals surface area contributed by atoms with Gasteiger partial charge in [0, 0.05) is 12.6 Å². The maximum absolute atomic E-state index is 13.1. The molecule has 1 aliphatic rings. The lowest BCUT2D eigenvalue weighted by atomic mass is 10.2. The Morgan fingerprint density at radius 1 is 1.24 bits per heavy atom. The predicted octanol–water partition coefficient (Wildman–Crippen LogP) is 1.79. The first-order valence-electron chi connectivity index (χ1n) is 6.03. The van der Waals surface area contributed by atoms with Crippen LogP contribution in [0.3, 0.4) is 0 Å². The van der Waals surface area contributed by atoms with Crippen LogP contribution in [0.1, 0.15) is 18.4 Å². The van der Waals surface area contributed by atoms with Gasteiger partial charge in [0.15, 0.2) is 0 Å². The molecule has 2 rings (SSSR count). The van der Waals surface area contributed by atoms with E-state index in [0.29, 0.717) is 17.9 Å². The Hall–Kier alpha value is -1.13. The van der Waals surface area contributed by atoms with Crippen molar-refractivity contribution in [2.45, 2.75) is 19.4 Å². The fraction of sp³-hybridized carbons (Fsp3) is 0.538. The lowest BCUT2D eigenvalue weighted by Gasteiger charge is -2.15. The molecule has 0 atom stereocenters. The summed E-state index contributed by atoms with van der Waals surface area (Å²) in [6.45, 7) is 3.54. The largest absolute Gasteiger partial charge is 0.492 e. The van der Waals surface area contributed by atoms with E-state index in [9.17, 15) is 4.39 Å². The van der Waals surface area contributed by atoms with Crippen LogP contribution in [0.4, 0.5) is 4.39 Å². The molecule has 0 radical (unpaired) electrons. The van der Waals surface area contributed by atoms with E-state index in [-0.39, 0.29) is 12.4 Å². The molecule has 1 aromatic rings. The van der Waals surface area contributed by atoms with E-state index in [1.165, 1.54) is 25.0 Å². The number of hydrogen-bond donors (Lipinski definition) is 1. The van der Waals surface area contributed by atoms with Gasteiger partial charge in [-0.15, -0.1) is 0 Å². The molecule has 1 aliphatic heterocycles. The SMILES string of the molecule is OCc1cc(F)cc(OCCN2CCCC2)c1. The highest BCUT2D eigenvalue weighted by Gasteiger charge is 2.10. The molecular weight excluding hydrogens is 221 g/mol. The van der Waals surface area contributed by atoms with Gasteiger partial charge in [0.1, 0.15) is 18.2 Å². The summed E-state index contributed by atoms with van der Waals surface area (Å²) in [4.78, 5) is 2.34. The number of likely N-dealkylation sites (tertiary alicyclic amines) is 1. The minimum atomic E-state index is -0.368. The molecular formula is C13H18FNO2. The van der Waals surface area contributed by atoms with Crippen molar-refractivity contribution in [2.24, 2.45) is 0 Å². The first-order chi connectivity index (χ1) is 8.28. The molecule has 1 fully saturated rings. The predicted molar refractivity (Wildman–Crippen MR) is 63.5 cm³/mol. The highest BCUT2D eigenvalue weighted by molar-refractivity contribution is 5.29. The van der Waals surface area contributed by atoms with Crippen LogP contribution in [-0.2, 0) is 6.61 Å². The van der Waals surface area contributed by atoms with Crippen molar-refractivity contribution in [3.05, 3.63) is 29.6 Å². The summed E-state index contributed by atoms with van der Waals surface area (Å²) in [5, 5.41) is 8.95. The van der Waals surface area contributed by atoms with E-state index in [4.69, 9.17) is 9.84 Å². The van der Waals surface area contributed by atoms with Crippen LogP contribution in [0.15, 0.2) is 18.2 Å². The van der Waals surface area contributed by atoms with Crippen molar-refractivity contribution in [3.8, 4) is 5.75 Å². The molecule has 0 bridgehead atoms. The third-order valence-corrected chi connectivity index (χ3v) is 2.99. The number of benzene rings is 1. The average Bonchev–Trinajstić information content (AvgIpc) is 2.81. The summed E-state index contributed by atoms with van der Waals surface area (Å²) in [6.07, 6.45) is 2.52. The van der Waals surface area contributed by atoms with E-state index < -0.39 is 0 Å². The third-order valence-electron chi connectivity index (χ3n) is 2.99. The molecule has 1 saturated heterocycles. The number of nitrogens with zero attached hydrogens (tertiary/aromatic N) is 1. The number of hydrogen-bond acceptors (Lipinski definition) is 3. The molecule has 0 aromatic heterocycles. The van der Waals surface area contributed by atoms with Crippen molar-refractivity contribution in [1.29, 1.82) is 0 Å². The summed E-state index contributed by atoms with van der Waals surface area (Å²) in [7, 11) is 0. The van der Waals surface area contributed by atoms with Crippen molar-refractivity contribution < 1.29 is 14.2 Å². The monoisotopic (exact) mass is 239 g/mol. The zero-order valence-electron chi connectivity index (χ0n) is 9.86. The Bertz CT molecular complexity index is 364. The Balaban J connectivity index is 1.83. The quantitative estimate of drug-likeness (QED) is 0.850. The zero-order chi connectivity index (χ0) is 12.1. The second-order valence-electron chi connectivity index (χ2n) is 4.35. The Morgan fingerprint density at radius 2 is 2.00 bits per heavy atom. The smallest absolute Gasteiger partial charge is 0.127 e. The minimum absolute atomic E-state index is 0.166. The minimum Gasteiger partial charge on any atom is -0.492 e. The molecule has 1 aromatic carbocycles. The number of halogens is 1. The molecule has 17 heavy (non-hydrogen) atoms. The van der Waals surface area contributed by atoms with Crippen LogP contribution < -0.4 is 4.74 Å². The van der Waals surface area contributed by atoms with Gasteiger partial charge in [0.05, 0.1) is 6.61 Å². The molecule has 0 unspecified atom stereocenters. The van der Waals surface area contributed by atoms with Gasteiger partial charge in [0.2, 0.25) is 0 Å². The lowest BCUT2D eigenvalue weighted by Crippen LogP contribution is -2.25. The maximum Gasteiger partial charge on any atom is 0.127 e. The third kappa shape index (κ3) is 3.68. The lowest BCUT2D eigenvalue weighted by molar-refractivity contribution is 0.236. The molecule has 4 heteroatoms. The Morgan fingerprint density at radius 3 is 2.71 bits per heavy atom. The highest BCUT2D eigenvalue weighted by atomic mass is 19.1. The van der Waals surface area contributed by atoms with Gasteiger partial charge in [-0.1, -0.05) is 0 Å². The maximum atomic E-state index is 13.1. The van der Waals surface area contributed by atoms with E-state index in [0.717, 1.165) is 19.6 Å². The van der Waals surface area contributed by atoms with Crippen LogP contribution >= 0.6 is 0 Å². The van der Waals surface area contributed by atoms with Crippen LogP contribution in [0.5, 0.6) is 5.75 Å². The molecule has 0 aliphatic carbocycles. The molecule has 0 spiro atoms. The Labute approximate surface area is 101 Å². The Kier molecular flexibility index (Phi) is 4.34. The van der Waals surface area contributed by atoms with Crippen LogP contribution in [0, 0.1) is 5.82 Å². The van der Waals surface area contributed by atoms with Crippen molar-refractivity contribution in [3.63, 3.8) is 0 Å². The fourth-order valence-corrected chi connectivity index (χ4v) is 2.09. The van der Waals surface area contributed by atoms with Gasteiger partial charge in [-0.25, -0.2) is 4.39 Å². The number of rotatable bonds is 5. The average molecular weight is 239 g/mol. The molecule has 94 valence electrons. The van der Waals surface area contributed by atoms with Crippen LogP contribution in [0.2, 0.25) is 0 Å². The summed E-state index contributed by atoms with van der Waals surface area (Å²) < 4.78 is 18.6. The summed E-state index contributed by atoms with van der Waals surface area (Å²) >= 11 is 0. The van der Waals surface area contributed by atoms with E-state index in [1.54, 1.807) is 6.07 Å². The van der Waals surface area contributed by atoms with Crippen molar-refractivity contribution in [1.82, 2.24) is 4.90 Å². The topological polar surface area (TPSA) is 32.7 Å². The molecule has 0 saturated carbocycles. The number of ether oxygens (including phenoxy) is 1. The zero-order valence-corrected chi connectivity index (χ0v) is 9.86. The van der Waals surface area contributed by atoms with E-state index >= 15 is 0 Å². The molecule has 1 N–H and O–H groups in total. The standard InChI is InChI=1S/C13H18FNO2/c14-12-7-11(10-16)8-13(9-12)17-6-5-15-3-1-2-4-15/h7-9,16H,1-6,10H2. The summed E-state index contributed by atoms with van der Waals surface area (Å²) in [6, 6.07) is 4.34. The van der Waals surface area contributed by atoms with Gasteiger partial charge in [-0.2, -0.15) is 0 Å². The molecule has 1 heterocycles. The van der Waals surface area contributed by atoms with Gasteiger partial charge in [-0.3, -0.25) is 4.90 Å². The van der Waals surface area contributed by atoms with Gasteiger partial charge in [0.25, 0.3) is 0 Å². The second kappa shape index (κ2) is 5.98. The first kappa shape index (κ1) is 12.3. The first-order valence-corrected chi connectivity index (χ1v) is 6.03. The van der Waals surface area contributed by atoms with Crippen LogP contribution in [-0.4, -0.2) is 36.2 Å². The highest BCUT2D eigenvalue weighted by Crippen LogP contribution is 2.16. The van der Waals surface area contributed by atoms with Crippen molar-refractivity contribution in [2.75, 3.05) is 26.2 Å². The molecule has 3 nitrogen and oxygen atoms in total. The normalized spacial score (nSPS) is 16.4. The van der Waals surface area contributed by atoms with Crippen molar-refractivity contribution >= 4 is 0 Å². The van der Waals surface area contributed by atoms with Crippen LogP contribution in [0.25, 0.3) is 0 Å². The van der Waals surface area contributed by atoms with E-state index in [2.05, 4.69) is 4.90 Å². The number of aliphatic hydroxyl groups excluding tert-OH is 1.